The highest BCUT2D eigenvalue weighted by atomic mass is 14.9. The lowest BCUT2D eigenvalue weighted by Crippen LogP contribution is -2.14. The molecule has 6 aromatic carbocycles. The van der Waals surface area contributed by atoms with E-state index in [0.29, 0.717) is 0 Å². The first-order valence-corrected chi connectivity index (χ1v) is 15.5. The fourth-order valence-electron chi connectivity index (χ4n) is 6.66. The summed E-state index contributed by atoms with van der Waals surface area (Å²) >= 11 is 0. The molecule has 1 aliphatic rings. The topological polar surface area (TPSA) is 25.8 Å². The maximum atomic E-state index is 4.98. The van der Waals surface area contributed by atoms with Crippen LogP contribution >= 0.6 is 0 Å². The van der Waals surface area contributed by atoms with Gasteiger partial charge >= 0.3 is 0 Å². The van der Waals surface area contributed by atoms with Gasteiger partial charge in [-0.1, -0.05) is 159 Å². The van der Waals surface area contributed by atoms with E-state index in [-0.39, 0.29) is 5.41 Å². The van der Waals surface area contributed by atoms with Crippen molar-refractivity contribution in [2.75, 3.05) is 0 Å². The summed E-state index contributed by atoms with van der Waals surface area (Å²) in [6.07, 6.45) is 0. The maximum absolute atomic E-state index is 4.98. The Balaban J connectivity index is 1.09. The highest BCUT2D eigenvalue weighted by Crippen LogP contribution is 2.49. The number of hydrogen-bond donors (Lipinski definition) is 0. The molecule has 0 unspecified atom stereocenters. The lowest BCUT2D eigenvalue weighted by atomic mass is 9.82. The van der Waals surface area contributed by atoms with Crippen LogP contribution in [0.1, 0.15) is 25.0 Å². The highest BCUT2D eigenvalue weighted by Gasteiger charge is 2.35. The predicted molar refractivity (Wildman–Crippen MR) is 187 cm³/mol. The second kappa shape index (κ2) is 10.8. The Kier molecular flexibility index (Phi) is 6.50. The summed E-state index contributed by atoms with van der Waals surface area (Å²) < 4.78 is 0. The van der Waals surface area contributed by atoms with Gasteiger partial charge in [-0.3, -0.25) is 0 Å². The van der Waals surface area contributed by atoms with Crippen molar-refractivity contribution in [1.29, 1.82) is 0 Å². The van der Waals surface area contributed by atoms with Gasteiger partial charge in [-0.25, -0.2) is 9.97 Å². The quantitative estimate of drug-likeness (QED) is 0.204. The third kappa shape index (κ3) is 4.85. The molecular formula is C43H32N2. The molecule has 214 valence electrons. The monoisotopic (exact) mass is 576 g/mol. The van der Waals surface area contributed by atoms with Gasteiger partial charge in [0.25, 0.3) is 0 Å². The molecule has 0 amide bonds. The van der Waals surface area contributed by atoms with Crippen molar-refractivity contribution in [3.05, 3.63) is 169 Å². The smallest absolute Gasteiger partial charge is 0.160 e. The zero-order chi connectivity index (χ0) is 30.4. The standard InChI is InChI=1S/C43H32N2/c1-43(2)38-16-10-9-15-36(38)37-27-35(25-26-39(37)43)31-19-17-29(18-20-31)30-21-23-34(24-22-30)42-44-40(32-11-5-3-6-12-32)28-41(45-42)33-13-7-4-8-14-33/h3-28H,1-2H3. The second-order valence-corrected chi connectivity index (χ2v) is 12.3. The summed E-state index contributed by atoms with van der Waals surface area (Å²) in [7, 11) is 0. The minimum Gasteiger partial charge on any atom is -0.228 e. The van der Waals surface area contributed by atoms with E-state index in [0.717, 1.165) is 39.5 Å². The molecule has 1 heterocycles. The molecule has 45 heavy (non-hydrogen) atoms. The van der Waals surface area contributed by atoms with Crippen molar-refractivity contribution in [3.8, 4) is 67.3 Å². The highest BCUT2D eigenvalue weighted by molar-refractivity contribution is 5.85. The van der Waals surface area contributed by atoms with Crippen molar-refractivity contribution in [2.24, 2.45) is 0 Å². The van der Waals surface area contributed by atoms with Crippen molar-refractivity contribution >= 4 is 0 Å². The normalized spacial score (nSPS) is 12.8. The zero-order valence-corrected chi connectivity index (χ0v) is 25.4. The lowest BCUT2D eigenvalue weighted by Gasteiger charge is -2.21. The van der Waals surface area contributed by atoms with Gasteiger partial charge in [0.1, 0.15) is 0 Å². The molecule has 2 nitrogen and oxygen atoms in total. The first kappa shape index (κ1) is 27.0. The molecule has 0 bridgehead atoms. The Morgan fingerprint density at radius 1 is 0.356 bits per heavy atom. The van der Waals surface area contributed by atoms with Crippen LogP contribution in [0.3, 0.4) is 0 Å². The van der Waals surface area contributed by atoms with Crippen LogP contribution in [0.25, 0.3) is 67.3 Å². The maximum Gasteiger partial charge on any atom is 0.160 e. The first-order valence-electron chi connectivity index (χ1n) is 15.5. The zero-order valence-electron chi connectivity index (χ0n) is 25.4. The Bertz CT molecular complexity index is 2090. The summed E-state index contributed by atoms with van der Waals surface area (Å²) in [4.78, 5) is 9.97. The average molecular weight is 577 g/mol. The predicted octanol–water partition coefficient (Wildman–Crippen LogP) is 11.1. The average Bonchev–Trinajstić information content (AvgIpc) is 3.34. The number of benzene rings is 6. The summed E-state index contributed by atoms with van der Waals surface area (Å²) in [6, 6.07) is 55.9. The van der Waals surface area contributed by atoms with E-state index in [4.69, 9.17) is 9.97 Å². The number of hydrogen-bond acceptors (Lipinski definition) is 2. The first-order chi connectivity index (χ1) is 22.0. The molecule has 0 N–H and O–H groups in total. The third-order valence-corrected chi connectivity index (χ3v) is 9.14. The number of rotatable bonds is 5. The van der Waals surface area contributed by atoms with Gasteiger partial charge in [-0.2, -0.15) is 0 Å². The van der Waals surface area contributed by atoms with Gasteiger partial charge in [0.05, 0.1) is 11.4 Å². The van der Waals surface area contributed by atoms with Crippen LogP contribution in [-0.2, 0) is 5.41 Å². The van der Waals surface area contributed by atoms with Crippen LogP contribution in [0.5, 0.6) is 0 Å². The van der Waals surface area contributed by atoms with Crippen LogP contribution in [-0.4, -0.2) is 9.97 Å². The van der Waals surface area contributed by atoms with E-state index < -0.39 is 0 Å². The summed E-state index contributed by atoms with van der Waals surface area (Å²) in [6.45, 7) is 4.65. The Hall–Kier alpha value is -5.60. The molecule has 0 radical (unpaired) electrons. The van der Waals surface area contributed by atoms with Gasteiger partial charge in [-0.05, 0) is 56.6 Å². The van der Waals surface area contributed by atoms with E-state index >= 15 is 0 Å². The number of nitrogens with zero attached hydrogens (tertiary/aromatic N) is 2. The van der Waals surface area contributed by atoms with E-state index in [1.165, 1.54) is 38.9 Å². The number of aromatic nitrogens is 2. The van der Waals surface area contributed by atoms with Crippen LogP contribution in [0, 0.1) is 0 Å². The second-order valence-electron chi connectivity index (χ2n) is 12.3. The molecule has 0 aliphatic heterocycles. The van der Waals surface area contributed by atoms with Gasteiger partial charge in [0.15, 0.2) is 5.82 Å². The van der Waals surface area contributed by atoms with Crippen molar-refractivity contribution in [1.82, 2.24) is 9.97 Å². The molecule has 7 aromatic rings. The molecule has 0 saturated heterocycles. The summed E-state index contributed by atoms with van der Waals surface area (Å²) in [5.74, 6) is 0.721. The van der Waals surface area contributed by atoms with E-state index in [1.54, 1.807) is 0 Å². The van der Waals surface area contributed by atoms with Crippen LogP contribution < -0.4 is 0 Å². The summed E-state index contributed by atoms with van der Waals surface area (Å²) in [5, 5.41) is 0. The van der Waals surface area contributed by atoms with Crippen molar-refractivity contribution < 1.29 is 0 Å². The lowest BCUT2D eigenvalue weighted by molar-refractivity contribution is 0.660. The fraction of sp³-hybridized carbons (Fsp3) is 0.0698. The van der Waals surface area contributed by atoms with Gasteiger partial charge in [-0.15, -0.1) is 0 Å². The molecule has 0 spiro atoms. The molecule has 2 heteroatoms. The minimum absolute atomic E-state index is 0.0253. The fourth-order valence-corrected chi connectivity index (χ4v) is 6.66. The van der Waals surface area contributed by atoms with Gasteiger partial charge in [0.2, 0.25) is 0 Å². The van der Waals surface area contributed by atoms with Crippen LogP contribution in [0.4, 0.5) is 0 Å². The van der Waals surface area contributed by atoms with Crippen LogP contribution in [0.15, 0.2) is 158 Å². The largest absolute Gasteiger partial charge is 0.228 e. The SMILES string of the molecule is CC1(C)c2ccccc2-c2cc(-c3ccc(-c4ccc(-c5nc(-c6ccccc6)cc(-c6ccccc6)n5)cc4)cc3)ccc21. The Morgan fingerprint density at radius 3 is 1.38 bits per heavy atom. The molecule has 0 fully saturated rings. The molecule has 0 atom stereocenters. The summed E-state index contributed by atoms with van der Waals surface area (Å²) in [5.41, 5.74) is 15.3. The van der Waals surface area contributed by atoms with E-state index in [2.05, 4.69) is 135 Å². The molecule has 1 aromatic heterocycles. The Morgan fingerprint density at radius 2 is 0.800 bits per heavy atom. The van der Waals surface area contributed by atoms with Gasteiger partial charge < -0.3 is 0 Å². The number of fused-ring (bicyclic) bond motifs is 3. The third-order valence-electron chi connectivity index (χ3n) is 9.14. The van der Waals surface area contributed by atoms with Crippen molar-refractivity contribution in [3.63, 3.8) is 0 Å². The van der Waals surface area contributed by atoms with Crippen molar-refractivity contribution in [2.45, 2.75) is 19.3 Å². The van der Waals surface area contributed by atoms with E-state index in [9.17, 15) is 0 Å². The molecule has 0 saturated carbocycles. The Labute approximate surface area is 264 Å². The molecular weight excluding hydrogens is 544 g/mol. The van der Waals surface area contributed by atoms with Crippen LogP contribution in [0.2, 0.25) is 0 Å². The van der Waals surface area contributed by atoms with E-state index in [1.807, 2.05) is 36.4 Å². The molecule has 1 aliphatic carbocycles. The molecule has 8 rings (SSSR count). The van der Waals surface area contributed by atoms with Gasteiger partial charge in [0, 0.05) is 22.1 Å². The minimum atomic E-state index is 0.0253.